The normalized spacial score (nSPS) is 32.4. The summed E-state index contributed by atoms with van der Waals surface area (Å²) in [7, 11) is -3.12. The Bertz CT molecular complexity index is 626. The number of ether oxygens (including phenoxy) is 1. The number of amides is 1. The molecule has 1 amide bonds. The van der Waals surface area contributed by atoms with E-state index in [4.69, 9.17) is 4.74 Å². The Labute approximate surface area is 135 Å². The molecular formula is C15H23NO6S. The summed E-state index contributed by atoms with van der Waals surface area (Å²) in [5, 5.41) is 9.62. The number of carboxylic acids is 1. The van der Waals surface area contributed by atoms with Crippen LogP contribution in [0, 0.1) is 16.7 Å². The maximum atomic E-state index is 12.6. The first-order chi connectivity index (χ1) is 10.7. The van der Waals surface area contributed by atoms with Crippen LogP contribution in [-0.4, -0.2) is 68.6 Å². The quantitative estimate of drug-likeness (QED) is 0.761. The van der Waals surface area contributed by atoms with Crippen molar-refractivity contribution in [3.8, 4) is 0 Å². The van der Waals surface area contributed by atoms with Gasteiger partial charge in [0.2, 0.25) is 5.91 Å². The lowest BCUT2D eigenvalue weighted by Crippen LogP contribution is -2.45. The van der Waals surface area contributed by atoms with Crippen LogP contribution in [0.3, 0.4) is 0 Å². The molecule has 130 valence electrons. The molecule has 0 bridgehead atoms. The van der Waals surface area contributed by atoms with Gasteiger partial charge in [-0.3, -0.25) is 9.59 Å². The molecule has 0 aromatic rings. The summed E-state index contributed by atoms with van der Waals surface area (Å²) in [5.74, 6) is -1.13. The second kappa shape index (κ2) is 5.44. The molecule has 0 spiro atoms. The van der Waals surface area contributed by atoms with Gasteiger partial charge in [-0.25, -0.2) is 8.42 Å². The zero-order valence-corrected chi connectivity index (χ0v) is 14.1. The molecule has 1 N–H and O–H groups in total. The molecule has 3 aliphatic rings. The number of likely N-dealkylation sites (tertiary alicyclic amines) is 1. The van der Waals surface area contributed by atoms with Crippen LogP contribution in [0.4, 0.5) is 0 Å². The van der Waals surface area contributed by atoms with Crippen molar-refractivity contribution in [3.63, 3.8) is 0 Å². The van der Waals surface area contributed by atoms with Crippen molar-refractivity contribution in [1.82, 2.24) is 4.90 Å². The van der Waals surface area contributed by atoms with E-state index in [1.807, 2.05) is 0 Å². The Hall–Kier alpha value is -1.15. The van der Waals surface area contributed by atoms with E-state index in [-0.39, 0.29) is 30.5 Å². The van der Waals surface area contributed by atoms with Gasteiger partial charge < -0.3 is 14.7 Å². The molecule has 2 heterocycles. The van der Waals surface area contributed by atoms with Gasteiger partial charge in [-0.05, 0) is 24.7 Å². The molecule has 2 atom stereocenters. The summed E-state index contributed by atoms with van der Waals surface area (Å²) >= 11 is 0. The standard InChI is InChI=1S/C15H23NO6S/c1-23(20,21)10-14(2-3-14)6-12(17)16-7-11-8-22-5-4-15(11,9-16)13(18)19/h11H,2-10H2,1H3,(H,18,19)/t11-,15+/m0/s1. The Morgan fingerprint density at radius 1 is 1.30 bits per heavy atom. The highest BCUT2D eigenvalue weighted by Gasteiger charge is 2.56. The zero-order valence-electron chi connectivity index (χ0n) is 13.3. The minimum Gasteiger partial charge on any atom is -0.481 e. The molecule has 3 fully saturated rings. The molecule has 1 saturated carbocycles. The van der Waals surface area contributed by atoms with E-state index in [2.05, 4.69) is 0 Å². The smallest absolute Gasteiger partial charge is 0.311 e. The molecule has 2 saturated heterocycles. The number of rotatable bonds is 5. The summed E-state index contributed by atoms with van der Waals surface area (Å²) in [4.78, 5) is 25.9. The lowest BCUT2D eigenvalue weighted by atomic mass is 9.74. The summed E-state index contributed by atoms with van der Waals surface area (Å²) in [5.41, 5.74) is -1.33. The van der Waals surface area contributed by atoms with Crippen molar-refractivity contribution in [2.75, 3.05) is 38.3 Å². The Morgan fingerprint density at radius 3 is 2.52 bits per heavy atom. The van der Waals surface area contributed by atoms with Crippen LogP contribution >= 0.6 is 0 Å². The number of hydrogen-bond donors (Lipinski definition) is 1. The first-order valence-electron chi connectivity index (χ1n) is 7.93. The average molecular weight is 345 g/mol. The number of nitrogens with zero attached hydrogens (tertiary/aromatic N) is 1. The summed E-state index contributed by atoms with van der Waals surface area (Å²) in [6.45, 7) is 1.37. The van der Waals surface area contributed by atoms with Gasteiger partial charge in [0.05, 0.1) is 17.8 Å². The van der Waals surface area contributed by atoms with Crippen molar-refractivity contribution in [2.45, 2.75) is 25.7 Å². The number of carbonyl (C=O) groups is 2. The van der Waals surface area contributed by atoms with Crippen LogP contribution in [0.25, 0.3) is 0 Å². The highest BCUT2D eigenvalue weighted by atomic mass is 32.2. The van der Waals surface area contributed by atoms with Gasteiger partial charge in [-0.15, -0.1) is 0 Å². The molecule has 0 radical (unpaired) electrons. The van der Waals surface area contributed by atoms with Gasteiger partial charge in [0, 0.05) is 38.3 Å². The van der Waals surface area contributed by atoms with E-state index in [0.29, 0.717) is 26.2 Å². The van der Waals surface area contributed by atoms with Crippen molar-refractivity contribution in [2.24, 2.45) is 16.7 Å². The lowest BCUT2D eigenvalue weighted by Gasteiger charge is -2.33. The van der Waals surface area contributed by atoms with Crippen LogP contribution in [0.2, 0.25) is 0 Å². The fraction of sp³-hybridized carbons (Fsp3) is 0.867. The summed E-state index contributed by atoms with van der Waals surface area (Å²) in [6, 6.07) is 0. The Balaban J connectivity index is 1.69. The van der Waals surface area contributed by atoms with Gasteiger partial charge in [-0.2, -0.15) is 0 Å². The van der Waals surface area contributed by atoms with Crippen LogP contribution in [0.5, 0.6) is 0 Å². The highest BCUT2D eigenvalue weighted by molar-refractivity contribution is 7.90. The molecular weight excluding hydrogens is 322 g/mol. The van der Waals surface area contributed by atoms with E-state index < -0.39 is 26.6 Å². The topological polar surface area (TPSA) is 101 Å². The number of sulfone groups is 1. The fourth-order valence-electron chi connectivity index (χ4n) is 4.03. The second-order valence-electron chi connectivity index (χ2n) is 7.50. The van der Waals surface area contributed by atoms with Crippen LogP contribution < -0.4 is 0 Å². The Kier molecular flexibility index (Phi) is 3.95. The van der Waals surface area contributed by atoms with E-state index in [1.54, 1.807) is 4.90 Å². The van der Waals surface area contributed by atoms with E-state index >= 15 is 0 Å². The molecule has 0 aromatic carbocycles. The van der Waals surface area contributed by atoms with E-state index in [1.165, 1.54) is 6.26 Å². The number of carbonyl (C=O) groups excluding carboxylic acids is 1. The first kappa shape index (κ1) is 16.7. The third-order valence-electron chi connectivity index (χ3n) is 5.54. The third kappa shape index (κ3) is 3.24. The molecule has 0 unspecified atom stereocenters. The molecule has 1 aliphatic carbocycles. The largest absolute Gasteiger partial charge is 0.481 e. The maximum Gasteiger partial charge on any atom is 0.311 e. The third-order valence-corrected chi connectivity index (χ3v) is 6.67. The molecule has 3 rings (SSSR count). The summed E-state index contributed by atoms with van der Waals surface area (Å²) < 4.78 is 28.4. The monoisotopic (exact) mass is 345 g/mol. The van der Waals surface area contributed by atoms with Gasteiger partial charge in [0.25, 0.3) is 0 Å². The van der Waals surface area contributed by atoms with Crippen LogP contribution in [0.1, 0.15) is 25.7 Å². The van der Waals surface area contributed by atoms with Crippen molar-refractivity contribution >= 4 is 21.7 Å². The predicted molar refractivity (Wildman–Crippen MR) is 81.6 cm³/mol. The lowest BCUT2D eigenvalue weighted by molar-refractivity contribution is -0.157. The molecule has 0 aromatic heterocycles. The molecule has 23 heavy (non-hydrogen) atoms. The van der Waals surface area contributed by atoms with Crippen LogP contribution in [-0.2, 0) is 24.2 Å². The first-order valence-corrected chi connectivity index (χ1v) is 9.99. The number of hydrogen-bond acceptors (Lipinski definition) is 5. The number of carboxylic acid groups (broad SMARTS) is 1. The second-order valence-corrected chi connectivity index (χ2v) is 9.64. The minimum atomic E-state index is -3.12. The number of fused-ring (bicyclic) bond motifs is 1. The zero-order chi connectivity index (χ0) is 16.9. The average Bonchev–Trinajstić information content (AvgIpc) is 3.02. The van der Waals surface area contributed by atoms with Crippen LogP contribution in [0.15, 0.2) is 0 Å². The predicted octanol–water partition coefficient (Wildman–Crippen LogP) is 0.151. The Morgan fingerprint density at radius 2 is 2.00 bits per heavy atom. The fourth-order valence-corrected chi connectivity index (χ4v) is 5.53. The summed E-state index contributed by atoms with van der Waals surface area (Å²) in [6.07, 6.45) is 3.31. The van der Waals surface area contributed by atoms with Gasteiger partial charge in [0.1, 0.15) is 9.84 Å². The van der Waals surface area contributed by atoms with Crippen molar-refractivity contribution < 1.29 is 27.9 Å². The minimum absolute atomic E-state index is 0.0379. The molecule has 8 heteroatoms. The van der Waals surface area contributed by atoms with E-state index in [0.717, 1.165) is 12.8 Å². The van der Waals surface area contributed by atoms with Gasteiger partial charge in [0.15, 0.2) is 0 Å². The van der Waals surface area contributed by atoms with E-state index in [9.17, 15) is 23.1 Å². The van der Waals surface area contributed by atoms with Crippen molar-refractivity contribution in [1.29, 1.82) is 0 Å². The highest BCUT2D eigenvalue weighted by Crippen LogP contribution is 2.51. The van der Waals surface area contributed by atoms with Gasteiger partial charge >= 0.3 is 5.97 Å². The molecule has 7 nitrogen and oxygen atoms in total. The number of aliphatic carboxylic acids is 1. The SMILES string of the molecule is CS(=O)(=O)CC1(CC(=O)N2C[C@H]3COCC[C@@]3(C(=O)O)C2)CC1. The van der Waals surface area contributed by atoms with Gasteiger partial charge in [-0.1, -0.05) is 0 Å². The maximum absolute atomic E-state index is 12.6. The molecule has 2 aliphatic heterocycles. The van der Waals surface area contributed by atoms with Crippen molar-refractivity contribution in [3.05, 3.63) is 0 Å².